The molecule has 0 bridgehead atoms. The maximum atomic E-state index is 12.2. The van der Waals surface area contributed by atoms with Crippen LogP contribution in [0.25, 0.3) is 0 Å². The number of ketones is 2. The zero-order valence-corrected chi connectivity index (χ0v) is 12.4. The van der Waals surface area contributed by atoms with E-state index < -0.39 is 5.60 Å². The molecule has 1 aromatic carbocycles. The number of Topliss-reactive ketones (excluding diaryl/α,β-unsaturated/α-hetero) is 2. The minimum atomic E-state index is -1.13. The Kier molecular flexibility index (Phi) is 4.89. The Hall–Kier alpha value is -1.88. The summed E-state index contributed by atoms with van der Waals surface area (Å²) in [6.45, 7) is 4.49. The molecule has 1 aromatic rings. The molecular formula is C15H20O5. The minimum Gasteiger partial charge on any atom is -0.496 e. The molecule has 0 saturated carbocycles. The van der Waals surface area contributed by atoms with E-state index in [2.05, 4.69) is 0 Å². The van der Waals surface area contributed by atoms with E-state index in [4.69, 9.17) is 9.47 Å². The lowest BCUT2D eigenvalue weighted by molar-refractivity contribution is 0.0586. The molecule has 110 valence electrons. The van der Waals surface area contributed by atoms with Crippen LogP contribution in [0.3, 0.4) is 0 Å². The van der Waals surface area contributed by atoms with Gasteiger partial charge in [-0.2, -0.15) is 0 Å². The van der Waals surface area contributed by atoms with Crippen molar-refractivity contribution in [2.45, 2.75) is 32.8 Å². The van der Waals surface area contributed by atoms with Crippen molar-refractivity contribution >= 4 is 11.6 Å². The standard InChI is InChI=1S/C15H20O5/c1-9(16)10-6-11(12(17)8-15(2,3)18)14(20-5)7-13(10)19-4/h6-7,18H,8H2,1-5H3. The summed E-state index contributed by atoms with van der Waals surface area (Å²) >= 11 is 0. The number of methoxy groups -OCH3 is 2. The number of ether oxygens (including phenoxy) is 2. The van der Waals surface area contributed by atoms with Crippen LogP contribution in [0.15, 0.2) is 12.1 Å². The van der Waals surface area contributed by atoms with Crippen LogP contribution in [0.1, 0.15) is 47.9 Å². The molecule has 0 spiro atoms. The zero-order valence-electron chi connectivity index (χ0n) is 12.4. The van der Waals surface area contributed by atoms with Gasteiger partial charge < -0.3 is 14.6 Å². The van der Waals surface area contributed by atoms with E-state index in [0.29, 0.717) is 17.1 Å². The average molecular weight is 280 g/mol. The maximum Gasteiger partial charge on any atom is 0.169 e. The van der Waals surface area contributed by atoms with E-state index >= 15 is 0 Å². The van der Waals surface area contributed by atoms with Crippen molar-refractivity contribution in [1.82, 2.24) is 0 Å². The molecule has 0 aliphatic rings. The summed E-state index contributed by atoms with van der Waals surface area (Å²) in [6, 6.07) is 2.96. The van der Waals surface area contributed by atoms with Gasteiger partial charge in [0.25, 0.3) is 0 Å². The molecule has 0 unspecified atom stereocenters. The predicted octanol–water partition coefficient (Wildman–Crippen LogP) is 2.25. The summed E-state index contributed by atoms with van der Waals surface area (Å²) in [7, 11) is 2.88. The van der Waals surface area contributed by atoms with Crippen molar-refractivity contribution in [1.29, 1.82) is 0 Å². The molecule has 5 heteroatoms. The lowest BCUT2D eigenvalue weighted by Gasteiger charge is -2.18. The van der Waals surface area contributed by atoms with E-state index in [9.17, 15) is 14.7 Å². The van der Waals surface area contributed by atoms with Gasteiger partial charge in [-0.1, -0.05) is 0 Å². The van der Waals surface area contributed by atoms with Gasteiger partial charge in [0.2, 0.25) is 0 Å². The molecule has 0 heterocycles. The highest BCUT2D eigenvalue weighted by atomic mass is 16.5. The van der Waals surface area contributed by atoms with Crippen molar-refractivity contribution in [3.63, 3.8) is 0 Å². The van der Waals surface area contributed by atoms with Crippen LogP contribution in [0.2, 0.25) is 0 Å². The van der Waals surface area contributed by atoms with Gasteiger partial charge in [0.15, 0.2) is 11.6 Å². The fourth-order valence-corrected chi connectivity index (χ4v) is 1.88. The quantitative estimate of drug-likeness (QED) is 0.809. The first kappa shape index (κ1) is 16.2. The number of carbonyl (C=O) groups is 2. The zero-order chi connectivity index (χ0) is 15.5. The molecule has 0 fully saturated rings. The van der Waals surface area contributed by atoms with Crippen LogP contribution in [0.4, 0.5) is 0 Å². The lowest BCUT2D eigenvalue weighted by atomic mass is 9.95. The third-order valence-corrected chi connectivity index (χ3v) is 2.79. The third kappa shape index (κ3) is 3.81. The van der Waals surface area contributed by atoms with E-state index in [1.807, 2.05) is 0 Å². The van der Waals surface area contributed by atoms with Gasteiger partial charge in [0, 0.05) is 12.5 Å². The van der Waals surface area contributed by atoms with Crippen LogP contribution in [-0.4, -0.2) is 36.5 Å². The Morgan fingerprint density at radius 2 is 1.60 bits per heavy atom. The highest BCUT2D eigenvalue weighted by Crippen LogP contribution is 2.31. The number of rotatable bonds is 6. The van der Waals surface area contributed by atoms with Crippen LogP contribution in [-0.2, 0) is 0 Å². The van der Waals surface area contributed by atoms with Crippen molar-refractivity contribution < 1.29 is 24.2 Å². The van der Waals surface area contributed by atoms with E-state index in [1.54, 1.807) is 13.8 Å². The number of hydrogen-bond acceptors (Lipinski definition) is 5. The van der Waals surface area contributed by atoms with Gasteiger partial charge in [-0.3, -0.25) is 9.59 Å². The summed E-state index contributed by atoms with van der Waals surface area (Å²) in [5, 5.41) is 9.74. The van der Waals surface area contributed by atoms with E-state index in [1.165, 1.54) is 33.3 Å². The third-order valence-electron chi connectivity index (χ3n) is 2.79. The fourth-order valence-electron chi connectivity index (χ4n) is 1.88. The SMILES string of the molecule is COc1cc(OC)c(C(=O)CC(C)(C)O)cc1C(C)=O. The smallest absolute Gasteiger partial charge is 0.169 e. The van der Waals surface area contributed by atoms with E-state index in [0.717, 1.165) is 0 Å². The molecule has 0 radical (unpaired) electrons. The monoisotopic (exact) mass is 280 g/mol. The lowest BCUT2D eigenvalue weighted by Crippen LogP contribution is -2.23. The second kappa shape index (κ2) is 6.05. The van der Waals surface area contributed by atoms with Crippen molar-refractivity contribution in [2.24, 2.45) is 0 Å². The highest BCUT2D eigenvalue weighted by Gasteiger charge is 2.24. The molecule has 5 nitrogen and oxygen atoms in total. The molecule has 0 amide bonds. The summed E-state index contributed by atoms with van der Waals surface area (Å²) in [5.74, 6) is 0.177. The molecule has 0 aromatic heterocycles. The molecule has 0 aliphatic heterocycles. The van der Waals surface area contributed by atoms with Crippen LogP contribution >= 0.6 is 0 Å². The van der Waals surface area contributed by atoms with Gasteiger partial charge in [-0.05, 0) is 26.8 Å². The maximum absolute atomic E-state index is 12.2. The fraction of sp³-hybridized carbons (Fsp3) is 0.467. The molecule has 0 aliphatic carbocycles. The molecule has 20 heavy (non-hydrogen) atoms. The molecule has 0 atom stereocenters. The molecule has 1 N–H and O–H groups in total. The van der Waals surface area contributed by atoms with Gasteiger partial charge in [0.05, 0.1) is 30.9 Å². The first-order valence-electron chi connectivity index (χ1n) is 6.22. The first-order chi connectivity index (χ1) is 9.19. The van der Waals surface area contributed by atoms with Gasteiger partial charge in [0.1, 0.15) is 11.5 Å². The van der Waals surface area contributed by atoms with Crippen molar-refractivity contribution in [3.8, 4) is 11.5 Å². The summed E-state index contributed by atoms with van der Waals surface area (Å²) in [5.41, 5.74) is -0.550. The second-order valence-electron chi connectivity index (χ2n) is 5.22. The van der Waals surface area contributed by atoms with Gasteiger partial charge in [-0.25, -0.2) is 0 Å². The summed E-state index contributed by atoms with van der Waals surface area (Å²) in [4.78, 5) is 23.8. The first-order valence-corrected chi connectivity index (χ1v) is 6.22. The highest BCUT2D eigenvalue weighted by molar-refractivity contribution is 6.04. The van der Waals surface area contributed by atoms with E-state index in [-0.39, 0.29) is 23.6 Å². The number of aliphatic hydroxyl groups is 1. The number of benzene rings is 1. The molecule has 0 saturated heterocycles. The molecule has 1 rings (SSSR count). The Balaban J connectivity index is 3.34. The van der Waals surface area contributed by atoms with Crippen LogP contribution < -0.4 is 9.47 Å². The van der Waals surface area contributed by atoms with Crippen LogP contribution in [0, 0.1) is 0 Å². The molecular weight excluding hydrogens is 260 g/mol. The average Bonchev–Trinajstić information content (AvgIpc) is 2.34. The van der Waals surface area contributed by atoms with Gasteiger partial charge >= 0.3 is 0 Å². The van der Waals surface area contributed by atoms with Crippen LogP contribution in [0.5, 0.6) is 11.5 Å². The Labute approximate surface area is 118 Å². The Morgan fingerprint density at radius 3 is 2.00 bits per heavy atom. The summed E-state index contributed by atoms with van der Waals surface area (Å²) < 4.78 is 10.3. The normalized spacial score (nSPS) is 11.1. The number of carbonyl (C=O) groups excluding carboxylic acids is 2. The predicted molar refractivity (Wildman–Crippen MR) is 74.8 cm³/mol. The van der Waals surface area contributed by atoms with Crippen molar-refractivity contribution in [3.05, 3.63) is 23.3 Å². The Bertz CT molecular complexity index is 526. The van der Waals surface area contributed by atoms with Crippen molar-refractivity contribution in [2.75, 3.05) is 14.2 Å². The van der Waals surface area contributed by atoms with Gasteiger partial charge in [-0.15, -0.1) is 0 Å². The summed E-state index contributed by atoms with van der Waals surface area (Å²) in [6.07, 6.45) is -0.0625. The topological polar surface area (TPSA) is 72.8 Å². The number of hydrogen-bond donors (Lipinski definition) is 1. The minimum absolute atomic E-state index is 0.0625. The second-order valence-corrected chi connectivity index (χ2v) is 5.22. The Morgan fingerprint density at radius 1 is 1.10 bits per heavy atom. The largest absolute Gasteiger partial charge is 0.496 e.